The van der Waals surface area contributed by atoms with Crippen LogP contribution in [0.15, 0.2) is 65.1 Å². The van der Waals surface area contributed by atoms with Gasteiger partial charge in [-0.2, -0.15) is 0 Å². The molecule has 1 amide bonds. The maximum Gasteiger partial charge on any atom is 0.237 e. The highest BCUT2D eigenvalue weighted by atomic mass is 32.2. The van der Waals surface area contributed by atoms with E-state index in [2.05, 4.69) is 49.7 Å². The van der Waals surface area contributed by atoms with Gasteiger partial charge in [-0.3, -0.25) is 4.79 Å². The zero-order valence-corrected chi connectivity index (χ0v) is 18.2. The van der Waals surface area contributed by atoms with Gasteiger partial charge in [0.05, 0.1) is 5.25 Å². The van der Waals surface area contributed by atoms with E-state index in [0.29, 0.717) is 6.04 Å². The van der Waals surface area contributed by atoms with Gasteiger partial charge in [-0.15, -0.1) is 21.5 Å². The first-order chi connectivity index (χ1) is 14.7. The molecule has 0 saturated heterocycles. The van der Waals surface area contributed by atoms with Crippen LogP contribution in [0.5, 0.6) is 0 Å². The van der Waals surface area contributed by atoms with Gasteiger partial charge in [0.1, 0.15) is 5.82 Å². The van der Waals surface area contributed by atoms with Crippen LogP contribution in [0.1, 0.15) is 36.5 Å². The predicted molar refractivity (Wildman–Crippen MR) is 123 cm³/mol. The molecule has 2 aromatic heterocycles. The molecule has 152 valence electrons. The topological polar surface area (TPSA) is 59.8 Å². The zero-order valence-electron chi connectivity index (χ0n) is 16.6. The lowest BCUT2D eigenvalue weighted by Gasteiger charge is -2.13. The summed E-state index contributed by atoms with van der Waals surface area (Å²) in [6.45, 7) is 1.92. The third-order valence-electron chi connectivity index (χ3n) is 5.23. The van der Waals surface area contributed by atoms with Crippen molar-refractivity contribution in [3.8, 4) is 0 Å². The van der Waals surface area contributed by atoms with Gasteiger partial charge in [-0.1, -0.05) is 48.2 Å². The van der Waals surface area contributed by atoms with Crippen LogP contribution < -0.4 is 5.32 Å². The molecule has 2 aromatic carbocycles. The van der Waals surface area contributed by atoms with E-state index in [0.717, 1.165) is 46.7 Å². The fourth-order valence-corrected chi connectivity index (χ4v) is 5.14. The number of nitrogens with one attached hydrogen (secondary N) is 1. The van der Waals surface area contributed by atoms with Crippen molar-refractivity contribution in [3.63, 3.8) is 0 Å². The van der Waals surface area contributed by atoms with E-state index in [1.165, 1.54) is 16.6 Å². The summed E-state index contributed by atoms with van der Waals surface area (Å²) in [5.74, 6) is 0.963. The number of aromatic nitrogens is 3. The van der Waals surface area contributed by atoms with Gasteiger partial charge in [0.25, 0.3) is 0 Å². The Labute approximate surface area is 183 Å². The number of carbonyl (C=O) groups is 1. The number of hydrogen-bond donors (Lipinski definition) is 1. The standard InChI is InChI=1S/C23H22N4OS2/c1-15(22(28)24-18-9-8-16-5-2-3-6-17(16)13-18)30-23-26-25-21(27(23)19-10-11-19)14-20-7-4-12-29-20/h2-9,12-13,15,19H,10-11,14H2,1H3,(H,24,28)/t15-/m1/s1. The van der Waals surface area contributed by atoms with Crippen molar-refractivity contribution in [3.05, 3.63) is 70.7 Å². The van der Waals surface area contributed by atoms with Crippen molar-refractivity contribution >= 4 is 45.5 Å². The molecule has 0 radical (unpaired) electrons. The van der Waals surface area contributed by atoms with Gasteiger partial charge in [0, 0.05) is 23.0 Å². The lowest BCUT2D eigenvalue weighted by Crippen LogP contribution is -2.23. The molecular formula is C23H22N4OS2. The number of fused-ring (bicyclic) bond motifs is 1. The first-order valence-electron chi connectivity index (χ1n) is 10.1. The molecule has 1 atom stereocenters. The van der Waals surface area contributed by atoms with E-state index >= 15 is 0 Å². The molecule has 0 unspecified atom stereocenters. The Balaban J connectivity index is 1.30. The van der Waals surface area contributed by atoms with Crippen LogP contribution in [0.3, 0.4) is 0 Å². The monoisotopic (exact) mass is 434 g/mol. The highest BCUT2D eigenvalue weighted by Crippen LogP contribution is 2.40. The van der Waals surface area contributed by atoms with E-state index < -0.39 is 0 Å². The van der Waals surface area contributed by atoms with E-state index in [9.17, 15) is 4.79 Å². The summed E-state index contributed by atoms with van der Waals surface area (Å²) in [6, 6.07) is 18.8. The van der Waals surface area contributed by atoms with Gasteiger partial charge >= 0.3 is 0 Å². The number of anilines is 1. The lowest BCUT2D eigenvalue weighted by molar-refractivity contribution is -0.115. The summed E-state index contributed by atoms with van der Waals surface area (Å²) in [5, 5.41) is 16.9. The summed E-state index contributed by atoms with van der Waals surface area (Å²) in [5.41, 5.74) is 0.813. The van der Waals surface area contributed by atoms with Gasteiger partial charge in [-0.05, 0) is 54.1 Å². The number of carbonyl (C=O) groups excluding carboxylic acids is 1. The molecule has 1 aliphatic rings. The highest BCUT2D eigenvalue weighted by Gasteiger charge is 2.31. The summed E-state index contributed by atoms with van der Waals surface area (Å²) in [4.78, 5) is 14.1. The van der Waals surface area contributed by atoms with Crippen LogP contribution in [0.4, 0.5) is 5.69 Å². The van der Waals surface area contributed by atoms with Crippen molar-refractivity contribution in [1.82, 2.24) is 14.8 Å². The SMILES string of the molecule is C[C@@H](Sc1nnc(Cc2cccs2)n1C1CC1)C(=O)Nc1ccc2ccccc2c1. The van der Waals surface area contributed by atoms with E-state index in [-0.39, 0.29) is 11.2 Å². The van der Waals surface area contributed by atoms with Gasteiger partial charge in [0.2, 0.25) is 5.91 Å². The second-order valence-electron chi connectivity index (χ2n) is 7.57. The molecule has 2 heterocycles. The number of rotatable bonds is 7. The minimum absolute atomic E-state index is 0.0274. The summed E-state index contributed by atoms with van der Waals surface area (Å²) < 4.78 is 2.24. The summed E-state index contributed by atoms with van der Waals surface area (Å²) >= 11 is 3.22. The Morgan fingerprint density at radius 2 is 2.00 bits per heavy atom. The number of thiophene rings is 1. The Hall–Kier alpha value is -2.64. The van der Waals surface area contributed by atoms with Crippen molar-refractivity contribution in [2.24, 2.45) is 0 Å². The fraction of sp³-hybridized carbons (Fsp3) is 0.261. The fourth-order valence-electron chi connectivity index (χ4n) is 3.50. The molecule has 30 heavy (non-hydrogen) atoms. The molecule has 5 nitrogen and oxygen atoms in total. The van der Waals surface area contributed by atoms with Gasteiger partial charge in [-0.25, -0.2) is 0 Å². The van der Waals surface area contributed by atoms with Crippen molar-refractivity contribution in [2.45, 2.75) is 42.6 Å². The Bertz CT molecular complexity index is 1180. The number of hydrogen-bond acceptors (Lipinski definition) is 5. The van der Waals surface area contributed by atoms with Crippen LogP contribution in [-0.4, -0.2) is 25.9 Å². The minimum Gasteiger partial charge on any atom is -0.325 e. The lowest BCUT2D eigenvalue weighted by atomic mass is 10.1. The first-order valence-corrected chi connectivity index (χ1v) is 11.9. The Morgan fingerprint density at radius 3 is 2.77 bits per heavy atom. The molecule has 0 aliphatic heterocycles. The number of amides is 1. The van der Waals surface area contributed by atoms with Crippen LogP contribution in [0, 0.1) is 0 Å². The van der Waals surface area contributed by atoms with Crippen molar-refractivity contribution in [1.29, 1.82) is 0 Å². The van der Waals surface area contributed by atoms with Gasteiger partial charge in [0.15, 0.2) is 5.16 Å². The predicted octanol–water partition coefficient (Wildman–Crippen LogP) is 5.54. The third kappa shape index (κ3) is 4.13. The summed E-state index contributed by atoms with van der Waals surface area (Å²) in [6.07, 6.45) is 3.10. The number of thioether (sulfide) groups is 1. The van der Waals surface area contributed by atoms with Crippen LogP contribution in [-0.2, 0) is 11.2 Å². The molecule has 1 aliphatic carbocycles. The molecule has 1 fully saturated rings. The second kappa shape index (κ2) is 8.24. The molecule has 4 aromatic rings. The van der Waals surface area contributed by atoms with Crippen LogP contribution in [0.25, 0.3) is 10.8 Å². The molecule has 0 spiro atoms. The number of benzene rings is 2. The second-order valence-corrected chi connectivity index (χ2v) is 9.91. The Kier molecular flexibility index (Phi) is 5.31. The van der Waals surface area contributed by atoms with Crippen LogP contribution >= 0.6 is 23.1 Å². The largest absolute Gasteiger partial charge is 0.325 e. The van der Waals surface area contributed by atoms with Crippen molar-refractivity contribution < 1.29 is 4.79 Å². The third-order valence-corrected chi connectivity index (χ3v) is 7.16. The average Bonchev–Trinajstić information content (AvgIpc) is 3.31. The molecule has 5 rings (SSSR count). The number of nitrogens with zero attached hydrogens (tertiary/aromatic N) is 3. The molecule has 1 saturated carbocycles. The maximum atomic E-state index is 12.8. The zero-order chi connectivity index (χ0) is 20.5. The van der Waals surface area contributed by atoms with E-state index in [1.54, 1.807) is 11.3 Å². The maximum absolute atomic E-state index is 12.8. The quantitative estimate of drug-likeness (QED) is 0.388. The van der Waals surface area contributed by atoms with E-state index in [1.807, 2.05) is 37.3 Å². The molecular weight excluding hydrogens is 412 g/mol. The van der Waals surface area contributed by atoms with E-state index in [4.69, 9.17) is 0 Å². The normalized spacial score (nSPS) is 14.7. The molecule has 1 N–H and O–H groups in total. The smallest absolute Gasteiger partial charge is 0.237 e. The first kappa shape index (κ1) is 19.3. The average molecular weight is 435 g/mol. The van der Waals surface area contributed by atoms with Gasteiger partial charge < -0.3 is 9.88 Å². The molecule has 7 heteroatoms. The highest BCUT2D eigenvalue weighted by molar-refractivity contribution is 8.00. The Morgan fingerprint density at radius 1 is 1.17 bits per heavy atom. The minimum atomic E-state index is -0.271. The van der Waals surface area contributed by atoms with Crippen molar-refractivity contribution in [2.75, 3.05) is 5.32 Å². The summed E-state index contributed by atoms with van der Waals surface area (Å²) in [7, 11) is 0. The molecule has 0 bridgehead atoms. The van der Waals surface area contributed by atoms with Crippen LogP contribution in [0.2, 0.25) is 0 Å².